The number of piperidine rings is 1. The first-order valence-electron chi connectivity index (χ1n) is 11.6. The van der Waals surface area contributed by atoms with Gasteiger partial charge < -0.3 is 24.4 Å². The highest BCUT2D eigenvalue weighted by molar-refractivity contribution is 5.91. The van der Waals surface area contributed by atoms with Crippen LogP contribution in [0, 0.1) is 5.82 Å². The SMILES string of the molecule is CN1CCc2nccc(OC3CCN(c4ncncc4Oc4ccc(F)cc4C(=O)O)CC3)c2C1. The molecule has 0 amide bonds. The molecule has 0 atom stereocenters. The molecule has 9 nitrogen and oxygen atoms in total. The second-order valence-electron chi connectivity index (χ2n) is 8.78. The maximum atomic E-state index is 13.6. The molecule has 0 aliphatic carbocycles. The second-order valence-corrected chi connectivity index (χ2v) is 8.78. The van der Waals surface area contributed by atoms with Gasteiger partial charge in [0.2, 0.25) is 0 Å². The number of benzene rings is 1. The number of aromatic carboxylic acids is 1. The van der Waals surface area contributed by atoms with Crippen LogP contribution in [0.25, 0.3) is 0 Å². The molecule has 4 heterocycles. The summed E-state index contributed by atoms with van der Waals surface area (Å²) in [5, 5.41) is 9.42. The maximum Gasteiger partial charge on any atom is 0.339 e. The van der Waals surface area contributed by atoms with Crippen LogP contribution < -0.4 is 14.4 Å². The summed E-state index contributed by atoms with van der Waals surface area (Å²) in [5.41, 5.74) is 2.02. The Hall–Kier alpha value is -3.79. The third-order valence-corrected chi connectivity index (χ3v) is 6.35. The fourth-order valence-electron chi connectivity index (χ4n) is 4.52. The van der Waals surface area contributed by atoms with E-state index in [0.29, 0.717) is 24.7 Å². The topological polar surface area (TPSA) is 101 Å². The van der Waals surface area contributed by atoms with Crippen molar-refractivity contribution in [3.63, 3.8) is 0 Å². The molecule has 0 radical (unpaired) electrons. The number of ether oxygens (including phenoxy) is 2. The molecule has 1 N–H and O–H groups in total. The zero-order valence-corrected chi connectivity index (χ0v) is 19.4. The standard InChI is InChI=1S/C25H26FN5O4/c1-30-9-7-20-19(14-30)22(4-8-28-20)34-17-5-10-31(11-6-17)24-23(13-27-15-29-24)35-21-3-2-16(26)12-18(21)25(32)33/h2-4,8,12-13,15,17H,5-7,9-11,14H2,1H3,(H,32,33). The van der Waals surface area contributed by atoms with Crippen molar-refractivity contribution in [3.8, 4) is 17.2 Å². The lowest BCUT2D eigenvalue weighted by atomic mass is 10.0. The van der Waals surface area contributed by atoms with Crippen molar-refractivity contribution in [3.05, 3.63) is 65.6 Å². The quantitative estimate of drug-likeness (QED) is 0.569. The molecule has 10 heteroatoms. The van der Waals surface area contributed by atoms with Gasteiger partial charge in [0.1, 0.15) is 35.3 Å². The number of aromatic nitrogens is 3. The first-order valence-corrected chi connectivity index (χ1v) is 11.6. The van der Waals surface area contributed by atoms with Crippen LogP contribution in [-0.4, -0.2) is 63.7 Å². The number of pyridine rings is 1. The highest BCUT2D eigenvalue weighted by Gasteiger charge is 2.26. The molecule has 35 heavy (non-hydrogen) atoms. The van der Waals surface area contributed by atoms with Crippen LogP contribution in [0.4, 0.5) is 10.2 Å². The third kappa shape index (κ3) is 5.02. The van der Waals surface area contributed by atoms with Crippen molar-refractivity contribution in [2.75, 3.05) is 31.6 Å². The van der Waals surface area contributed by atoms with Gasteiger partial charge >= 0.3 is 5.97 Å². The summed E-state index contributed by atoms with van der Waals surface area (Å²) in [6, 6.07) is 5.33. The molecule has 0 bridgehead atoms. The van der Waals surface area contributed by atoms with E-state index in [1.165, 1.54) is 24.2 Å². The average molecular weight is 480 g/mol. The lowest BCUT2D eigenvalue weighted by molar-refractivity contribution is 0.0693. The highest BCUT2D eigenvalue weighted by atomic mass is 19.1. The minimum atomic E-state index is -1.28. The number of rotatable bonds is 6. The van der Waals surface area contributed by atoms with E-state index < -0.39 is 11.8 Å². The molecular formula is C25H26FN5O4. The van der Waals surface area contributed by atoms with Crippen LogP contribution in [0.5, 0.6) is 17.2 Å². The van der Waals surface area contributed by atoms with Crippen LogP contribution in [0.2, 0.25) is 0 Å². The monoisotopic (exact) mass is 479 g/mol. The van der Waals surface area contributed by atoms with E-state index in [2.05, 4.69) is 31.8 Å². The Bertz CT molecular complexity index is 1230. The summed E-state index contributed by atoms with van der Waals surface area (Å²) in [4.78, 5) is 28.8. The Kier molecular flexibility index (Phi) is 6.45. The van der Waals surface area contributed by atoms with Gasteiger partial charge in [-0.25, -0.2) is 19.2 Å². The molecule has 2 aromatic heterocycles. The Balaban J connectivity index is 1.28. The predicted molar refractivity (Wildman–Crippen MR) is 126 cm³/mol. The lowest BCUT2D eigenvalue weighted by Crippen LogP contribution is -2.39. The van der Waals surface area contributed by atoms with Crippen LogP contribution in [0.1, 0.15) is 34.5 Å². The summed E-state index contributed by atoms with van der Waals surface area (Å²) in [7, 11) is 2.10. The van der Waals surface area contributed by atoms with Gasteiger partial charge in [0.05, 0.1) is 6.20 Å². The molecule has 0 saturated carbocycles. The van der Waals surface area contributed by atoms with Crippen LogP contribution in [0.3, 0.4) is 0 Å². The van der Waals surface area contributed by atoms with E-state index in [-0.39, 0.29) is 17.4 Å². The highest BCUT2D eigenvalue weighted by Crippen LogP contribution is 2.34. The van der Waals surface area contributed by atoms with E-state index in [1.807, 2.05) is 12.3 Å². The first kappa shape index (κ1) is 23.0. The fourth-order valence-corrected chi connectivity index (χ4v) is 4.52. The van der Waals surface area contributed by atoms with Gasteiger partial charge in [0.25, 0.3) is 0 Å². The van der Waals surface area contributed by atoms with E-state index in [0.717, 1.165) is 55.9 Å². The van der Waals surface area contributed by atoms with Crippen LogP contribution in [-0.2, 0) is 13.0 Å². The molecule has 0 unspecified atom stereocenters. The number of fused-ring (bicyclic) bond motifs is 1. The minimum absolute atomic E-state index is 0.0283. The van der Waals surface area contributed by atoms with Crippen molar-refractivity contribution in [1.29, 1.82) is 0 Å². The molecular weight excluding hydrogens is 453 g/mol. The molecule has 1 fully saturated rings. The Labute approximate surface area is 202 Å². The van der Waals surface area contributed by atoms with Gasteiger partial charge in [-0.2, -0.15) is 0 Å². The second kappa shape index (κ2) is 9.83. The van der Waals surface area contributed by atoms with Crippen molar-refractivity contribution in [1.82, 2.24) is 19.9 Å². The summed E-state index contributed by atoms with van der Waals surface area (Å²) in [5.74, 6) is -0.123. The molecule has 182 valence electrons. The van der Waals surface area contributed by atoms with Gasteiger partial charge in [-0.3, -0.25) is 4.98 Å². The smallest absolute Gasteiger partial charge is 0.339 e. The van der Waals surface area contributed by atoms with Crippen LogP contribution in [0.15, 0.2) is 43.0 Å². The van der Waals surface area contributed by atoms with Gasteiger partial charge in [-0.1, -0.05) is 0 Å². The zero-order valence-electron chi connectivity index (χ0n) is 19.4. The molecule has 0 spiro atoms. The third-order valence-electron chi connectivity index (χ3n) is 6.35. The number of halogens is 1. The summed E-state index contributed by atoms with van der Waals surface area (Å²) < 4.78 is 25.8. The average Bonchev–Trinajstić information content (AvgIpc) is 2.86. The molecule has 2 aliphatic rings. The van der Waals surface area contributed by atoms with Crippen molar-refractivity contribution >= 4 is 11.8 Å². The number of carboxylic acid groups (broad SMARTS) is 1. The summed E-state index contributed by atoms with van der Waals surface area (Å²) in [6.45, 7) is 3.19. The molecule has 1 aromatic carbocycles. The van der Waals surface area contributed by atoms with Crippen molar-refractivity contribution in [2.45, 2.75) is 31.9 Å². The number of hydrogen-bond donors (Lipinski definition) is 1. The first-order chi connectivity index (χ1) is 17.0. The molecule has 2 aliphatic heterocycles. The summed E-state index contributed by atoms with van der Waals surface area (Å²) in [6.07, 6.45) is 7.29. The van der Waals surface area contributed by atoms with E-state index in [9.17, 15) is 14.3 Å². The van der Waals surface area contributed by atoms with Gasteiger partial charge in [-0.15, -0.1) is 0 Å². The molecule has 5 rings (SSSR count). The van der Waals surface area contributed by atoms with E-state index in [4.69, 9.17) is 9.47 Å². The van der Waals surface area contributed by atoms with Gasteiger partial charge in [0.15, 0.2) is 11.6 Å². The Morgan fingerprint density at radius 3 is 2.74 bits per heavy atom. The number of carboxylic acids is 1. The maximum absolute atomic E-state index is 13.6. The molecule has 1 saturated heterocycles. The van der Waals surface area contributed by atoms with Gasteiger partial charge in [-0.05, 0) is 31.3 Å². The van der Waals surface area contributed by atoms with E-state index in [1.54, 1.807) is 0 Å². The Morgan fingerprint density at radius 2 is 1.94 bits per heavy atom. The number of anilines is 1. The lowest BCUT2D eigenvalue weighted by Gasteiger charge is -2.34. The number of hydrogen-bond acceptors (Lipinski definition) is 8. The van der Waals surface area contributed by atoms with E-state index >= 15 is 0 Å². The zero-order chi connectivity index (χ0) is 24.4. The predicted octanol–water partition coefficient (Wildman–Crippen LogP) is 3.54. The van der Waals surface area contributed by atoms with Crippen molar-refractivity contribution in [2.24, 2.45) is 0 Å². The minimum Gasteiger partial charge on any atom is -0.490 e. The number of nitrogens with zero attached hydrogens (tertiary/aromatic N) is 5. The van der Waals surface area contributed by atoms with Crippen molar-refractivity contribution < 1.29 is 23.8 Å². The number of carbonyl (C=O) groups is 1. The van der Waals surface area contributed by atoms with Gasteiger partial charge in [0, 0.05) is 62.9 Å². The fraction of sp³-hybridized carbons (Fsp3) is 0.360. The normalized spacial score (nSPS) is 16.6. The summed E-state index contributed by atoms with van der Waals surface area (Å²) >= 11 is 0. The largest absolute Gasteiger partial charge is 0.490 e. The van der Waals surface area contributed by atoms with Crippen LogP contribution >= 0.6 is 0 Å². The molecule has 3 aromatic rings. The Morgan fingerprint density at radius 1 is 1.11 bits per heavy atom. The number of likely N-dealkylation sites (N-methyl/N-ethyl adjacent to an activating group) is 1.